The SMILES string of the molecule is CCC1CC2(CC1C1(S(=O)(=O)c3nnc4cnc5[nH]ccc5n34)CC=CC=C1C)OCCO2. The van der Waals surface area contributed by atoms with Gasteiger partial charge in [0.2, 0.25) is 9.84 Å². The molecule has 4 heterocycles. The second-order valence-corrected chi connectivity index (χ2v) is 11.4. The minimum absolute atomic E-state index is 0.0448. The van der Waals surface area contributed by atoms with Crippen LogP contribution in [0.15, 0.2) is 47.4 Å². The van der Waals surface area contributed by atoms with Gasteiger partial charge in [-0.3, -0.25) is 4.40 Å². The van der Waals surface area contributed by atoms with Gasteiger partial charge in [0, 0.05) is 19.0 Å². The molecule has 1 saturated heterocycles. The quantitative estimate of drug-likeness (QED) is 0.624. The third kappa shape index (κ3) is 2.77. The summed E-state index contributed by atoms with van der Waals surface area (Å²) in [6.45, 7) is 5.13. The van der Waals surface area contributed by atoms with Crippen LogP contribution in [0.25, 0.3) is 16.8 Å². The van der Waals surface area contributed by atoms with Gasteiger partial charge >= 0.3 is 0 Å². The van der Waals surface area contributed by atoms with Crippen LogP contribution in [0.5, 0.6) is 0 Å². The molecule has 3 atom stereocenters. The molecule has 3 aromatic rings. The minimum Gasteiger partial charge on any atom is -0.348 e. The number of nitrogens with zero attached hydrogens (tertiary/aromatic N) is 4. The number of fused-ring (bicyclic) bond motifs is 3. The molecule has 2 aliphatic carbocycles. The van der Waals surface area contributed by atoms with Crippen molar-refractivity contribution < 1.29 is 17.9 Å². The van der Waals surface area contributed by atoms with Gasteiger partial charge in [-0.1, -0.05) is 37.1 Å². The lowest BCUT2D eigenvalue weighted by Gasteiger charge is -2.42. The Labute approximate surface area is 191 Å². The van der Waals surface area contributed by atoms with E-state index in [9.17, 15) is 8.42 Å². The molecule has 6 rings (SSSR count). The van der Waals surface area contributed by atoms with Crippen molar-refractivity contribution >= 4 is 26.6 Å². The lowest BCUT2D eigenvalue weighted by Crippen LogP contribution is -2.49. The molecule has 3 aromatic heterocycles. The molecule has 0 amide bonds. The summed E-state index contributed by atoms with van der Waals surface area (Å²) in [5.41, 5.74) is 2.44. The Morgan fingerprint density at radius 2 is 2.06 bits per heavy atom. The first-order chi connectivity index (χ1) is 15.9. The van der Waals surface area contributed by atoms with E-state index in [1.165, 1.54) is 0 Å². The molecule has 1 spiro atoms. The number of aromatic nitrogens is 5. The van der Waals surface area contributed by atoms with Crippen molar-refractivity contribution in [3.8, 4) is 0 Å². The number of ether oxygens (including phenoxy) is 2. The monoisotopic (exact) mass is 469 g/mol. The Kier molecular flexibility index (Phi) is 4.59. The van der Waals surface area contributed by atoms with Crippen LogP contribution in [0.3, 0.4) is 0 Å². The van der Waals surface area contributed by atoms with Crippen molar-refractivity contribution in [1.82, 2.24) is 24.6 Å². The van der Waals surface area contributed by atoms with E-state index < -0.39 is 20.4 Å². The van der Waals surface area contributed by atoms with E-state index in [2.05, 4.69) is 27.1 Å². The number of rotatable bonds is 4. The summed E-state index contributed by atoms with van der Waals surface area (Å²) in [5, 5.41) is 8.35. The molecule has 33 heavy (non-hydrogen) atoms. The largest absolute Gasteiger partial charge is 0.348 e. The summed E-state index contributed by atoms with van der Waals surface area (Å²) in [6, 6.07) is 1.80. The van der Waals surface area contributed by atoms with Crippen molar-refractivity contribution in [1.29, 1.82) is 0 Å². The predicted molar refractivity (Wildman–Crippen MR) is 121 cm³/mol. The zero-order chi connectivity index (χ0) is 22.8. The van der Waals surface area contributed by atoms with Gasteiger partial charge in [0.15, 0.2) is 17.1 Å². The number of hydrogen-bond donors (Lipinski definition) is 1. The Bertz CT molecular complexity index is 1400. The summed E-state index contributed by atoms with van der Waals surface area (Å²) < 4.78 is 42.0. The standard InChI is InChI=1S/C23H27N5O4S/c1-3-16-12-22(31-10-11-32-22)13-17(16)23(8-5-4-6-15(23)2)33(29,30)21-27-26-19-14-25-20-18(28(19)21)7-9-24-20/h4-7,9,14,16-17,24H,3,8,10-13H2,1-2H3. The molecule has 3 aliphatic rings. The number of nitrogens with one attached hydrogen (secondary N) is 1. The third-order valence-corrected chi connectivity index (χ3v) is 10.3. The molecule has 3 unspecified atom stereocenters. The van der Waals surface area contributed by atoms with Crippen LogP contribution in [0, 0.1) is 11.8 Å². The topological polar surface area (TPSA) is 111 Å². The maximum absolute atomic E-state index is 14.7. The van der Waals surface area contributed by atoms with Gasteiger partial charge in [-0.25, -0.2) is 13.4 Å². The zero-order valence-electron chi connectivity index (χ0n) is 18.7. The average Bonchev–Trinajstić information content (AvgIpc) is 3.60. The highest BCUT2D eigenvalue weighted by Crippen LogP contribution is 2.56. The zero-order valence-corrected chi connectivity index (χ0v) is 19.5. The first-order valence-corrected chi connectivity index (χ1v) is 12.9. The molecular weight excluding hydrogens is 442 g/mol. The van der Waals surface area contributed by atoms with Crippen LogP contribution in [-0.2, 0) is 19.3 Å². The number of hydrogen-bond acceptors (Lipinski definition) is 7. The fraction of sp³-hybridized carbons (Fsp3) is 0.522. The van der Waals surface area contributed by atoms with Crippen molar-refractivity contribution in [2.24, 2.45) is 11.8 Å². The van der Waals surface area contributed by atoms with Crippen LogP contribution in [0.4, 0.5) is 0 Å². The summed E-state index contributed by atoms with van der Waals surface area (Å²) >= 11 is 0. The molecule has 0 bridgehead atoms. The predicted octanol–water partition coefficient (Wildman–Crippen LogP) is 3.20. The van der Waals surface area contributed by atoms with Crippen molar-refractivity contribution in [2.45, 2.75) is 55.2 Å². The highest BCUT2D eigenvalue weighted by molar-refractivity contribution is 7.93. The summed E-state index contributed by atoms with van der Waals surface area (Å²) in [6.07, 6.45) is 11.6. The molecule has 2 fully saturated rings. The van der Waals surface area contributed by atoms with E-state index in [1.54, 1.807) is 22.9 Å². The first kappa shape index (κ1) is 21.0. The smallest absolute Gasteiger partial charge is 0.255 e. The molecule has 1 N–H and O–H groups in total. The number of aromatic amines is 1. The van der Waals surface area contributed by atoms with Crippen LogP contribution in [0.2, 0.25) is 0 Å². The molecule has 10 heteroatoms. The van der Waals surface area contributed by atoms with E-state index >= 15 is 0 Å². The summed E-state index contributed by atoms with van der Waals surface area (Å²) in [5.74, 6) is -0.733. The highest BCUT2D eigenvalue weighted by Gasteiger charge is 2.62. The van der Waals surface area contributed by atoms with Gasteiger partial charge < -0.3 is 14.5 Å². The van der Waals surface area contributed by atoms with Crippen LogP contribution >= 0.6 is 0 Å². The Morgan fingerprint density at radius 3 is 2.82 bits per heavy atom. The second kappa shape index (κ2) is 7.22. The minimum atomic E-state index is -3.98. The maximum Gasteiger partial charge on any atom is 0.255 e. The lowest BCUT2D eigenvalue weighted by molar-refractivity contribution is -0.154. The van der Waals surface area contributed by atoms with E-state index in [1.807, 2.05) is 25.2 Å². The number of H-pyrrole nitrogens is 1. The van der Waals surface area contributed by atoms with Crippen molar-refractivity contribution in [2.75, 3.05) is 13.2 Å². The average molecular weight is 470 g/mol. The van der Waals surface area contributed by atoms with Gasteiger partial charge in [0.1, 0.15) is 4.75 Å². The molecule has 1 aliphatic heterocycles. The van der Waals surface area contributed by atoms with Crippen molar-refractivity contribution in [3.05, 3.63) is 42.3 Å². The van der Waals surface area contributed by atoms with Gasteiger partial charge in [0.25, 0.3) is 5.16 Å². The molecule has 1 saturated carbocycles. The van der Waals surface area contributed by atoms with Crippen LogP contribution < -0.4 is 0 Å². The summed E-state index contributed by atoms with van der Waals surface area (Å²) in [7, 11) is -3.98. The Morgan fingerprint density at radius 1 is 1.24 bits per heavy atom. The first-order valence-electron chi connectivity index (χ1n) is 11.5. The summed E-state index contributed by atoms with van der Waals surface area (Å²) in [4.78, 5) is 7.38. The number of allylic oxidation sites excluding steroid dienone is 3. The van der Waals surface area contributed by atoms with Crippen molar-refractivity contribution in [3.63, 3.8) is 0 Å². The second-order valence-electron chi connectivity index (χ2n) is 9.31. The third-order valence-electron chi connectivity index (χ3n) is 7.81. The van der Waals surface area contributed by atoms with Gasteiger partial charge in [-0.2, -0.15) is 0 Å². The fourth-order valence-electron chi connectivity index (χ4n) is 6.24. The van der Waals surface area contributed by atoms with E-state index in [0.29, 0.717) is 49.3 Å². The van der Waals surface area contributed by atoms with E-state index in [4.69, 9.17) is 9.47 Å². The van der Waals surface area contributed by atoms with E-state index in [-0.39, 0.29) is 17.0 Å². The fourth-order valence-corrected chi connectivity index (χ4v) is 8.63. The molecule has 174 valence electrons. The Hall–Kier alpha value is -2.56. The van der Waals surface area contributed by atoms with Gasteiger partial charge in [-0.15, -0.1) is 10.2 Å². The normalized spacial score (nSPS) is 29.5. The molecule has 0 radical (unpaired) electrons. The molecule has 0 aromatic carbocycles. The van der Waals surface area contributed by atoms with Gasteiger partial charge in [0.05, 0.1) is 24.9 Å². The lowest BCUT2D eigenvalue weighted by atomic mass is 9.74. The Balaban J connectivity index is 1.58. The highest BCUT2D eigenvalue weighted by atomic mass is 32.2. The van der Waals surface area contributed by atoms with E-state index in [0.717, 1.165) is 12.0 Å². The van der Waals surface area contributed by atoms with Crippen LogP contribution in [0.1, 0.15) is 39.5 Å². The maximum atomic E-state index is 14.7. The number of sulfone groups is 1. The molecular formula is C23H27N5O4S. The molecule has 9 nitrogen and oxygen atoms in total. The van der Waals surface area contributed by atoms with Gasteiger partial charge in [-0.05, 0) is 31.2 Å². The van der Waals surface area contributed by atoms with Crippen LogP contribution in [-0.4, -0.2) is 56.7 Å².